The van der Waals surface area contributed by atoms with E-state index in [1.807, 2.05) is 0 Å². The minimum Gasteiger partial charge on any atom is -0.394 e. The second-order valence-corrected chi connectivity index (χ2v) is 20.8. The molecule has 0 unspecified atom stereocenters. The quantitative estimate of drug-likeness (QED) is 0.125. The highest BCUT2D eigenvalue weighted by Crippen LogP contribution is 2.67. The molecule has 4 aliphatic carbocycles. The maximum Gasteiger partial charge on any atom is 0.187 e. The molecule has 23 atom stereocenters. The average Bonchev–Trinajstić information content (AvgIpc) is 3.58. The number of fused-ring (bicyclic) bond motifs is 5. The molecule has 8 N–H and O–H groups in total. The molecule has 346 valence electrons. The monoisotopic (exact) mass is 855 g/mol. The summed E-state index contributed by atoms with van der Waals surface area (Å²) in [5.41, 5.74) is 1.79. The van der Waals surface area contributed by atoms with Gasteiger partial charge in [0.1, 0.15) is 61.0 Å². The lowest BCUT2D eigenvalue weighted by atomic mass is 9.47. The van der Waals surface area contributed by atoms with Crippen molar-refractivity contribution < 1.29 is 69.3 Å². The zero-order chi connectivity index (χ0) is 43.4. The molecule has 0 bridgehead atoms. The first-order chi connectivity index (χ1) is 28.4. The van der Waals surface area contributed by atoms with Crippen LogP contribution in [0, 0.1) is 52.3 Å². The Balaban J connectivity index is 1.08. The van der Waals surface area contributed by atoms with Crippen molar-refractivity contribution in [1.29, 1.82) is 0 Å². The van der Waals surface area contributed by atoms with Gasteiger partial charge in [0.05, 0.1) is 25.4 Å². The van der Waals surface area contributed by atoms with Gasteiger partial charge in [-0.15, -0.1) is 0 Å². The zero-order valence-electron chi connectivity index (χ0n) is 37.0. The highest BCUT2D eigenvalue weighted by molar-refractivity contribution is 5.25. The normalized spacial score (nSPS) is 50.7. The summed E-state index contributed by atoms with van der Waals surface area (Å²) in [5, 5.41) is 85.1. The second kappa shape index (κ2) is 19.0. The topological polar surface area (TPSA) is 217 Å². The number of aliphatic hydroxyl groups excluding tert-OH is 8. The molecule has 7 rings (SSSR count). The third-order valence-corrected chi connectivity index (χ3v) is 17.2. The number of allylic oxidation sites excluding steroid dienone is 1. The van der Waals surface area contributed by atoms with E-state index in [9.17, 15) is 40.9 Å². The third kappa shape index (κ3) is 8.80. The molecule has 3 saturated heterocycles. The Hall–Kier alpha value is -0.820. The zero-order valence-corrected chi connectivity index (χ0v) is 37.0. The fourth-order valence-electron chi connectivity index (χ4n) is 13.4. The molecule has 0 aromatic carbocycles. The molecule has 0 aromatic heterocycles. The fraction of sp³-hybridized carbons (Fsp3) is 0.957. The van der Waals surface area contributed by atoms with E-state index < -0.39 is 92.6 Å². The summed E-state index contributed by atoms with van der Waals surface area (Å²) in [7, 11) is 0. The van der Waals surface area contributed by atoms with Gasteiger partial charge in [-0.3, -0.25) is 0 Å². The first kappa shape index (κ1) is 47.2. The molecule has 60 heavy (non-hydrogen) atoms. The first-order valence-electron chi connectivity index (χ1n) is 23.4. The molecule has 3 heterocycles. The number of hydrogen-bond acceptors (Lipinski definition) is 14. The lowest BCUT2D eigenvalue weighted by Crippen LogP contribution is -2.66. The Morgan fingerprint density at radius 3 is 2.17 bits per heavy atom. The summed E-state index contributed by atoms with van der Waals surface area (Å²) < 4.78 is 36.6. The largest absolute Gasteiger partial charge is 0.394 e. The van der Waals surface area contributed by atoms with Crippen LogP contribution in [0.4, 0.5) is 0 Å². The van der Waals surface area contributed by atoms with Gasteiger partial charge in [-0.2, -0.15) is 0 Å². The fourth-order valence-corrected chi connectivity index (χ4v) is 13.4. The van der Waals surface area contributed by atoms with E-state index in [2.05, 4.69) is 47.6 Å². The van der Waals surface area contributed by atoms with E-state index in [1.165, 1.54) is 57.4 Å². The lowest BCUT2D eigenvalue weighted by molar-refractivity contribution is -0.390. The molecule has 6 fully saturated rings. The van der Waals surface area contributed by atoms with E-state index in [0.717, 1.165) is 48.9 Å². The maximum atomic E-state index is 11.5. The smallest absolute Gasteiger partial charge is 0.187 e. The average molecular weight is 855 g/mol. The number of aliphatic hydroxyl groups is 8. The highest BCUT2D eigenvalue weighted by atomic mass is 16.8. The van der Waals surface area contributed by atoms with Crippen LogP contribution in [0.1, 0.15) is 119 Å². The Morgan fingerprint density at radius 1 is 0.750 bits per heavy atom. The summed E-state index contributed by atoms with van der Waals surface area (Å²) in [5.74, 6) is 5.02. The van der Waals surface area contributed by atoms with Crippen molar-refractivity contribution in [3.05, 3.63) is 11.6 Å². The van der Waals surface area contributed by atoms with Crippen LogP contribution >= 0.6 is 0 Å². The summed E-state index contributed by atoms with van der Waals surface area (Å²) in [6, 6.07) is 0. The standard InChI is InChI=1S/C46H78O14/c1-8-25(22(2)3)10-9-23(4)29-13-14-30-28-12-11-26-19-27(15-17-45(26,6)31(28)16-18-46(29,30)7)57-44-41(60-43-39(54)37(52)34(49)24(5)56-43)40(36(51)33(20-47)58-44)59-42-38(53)35(50)32(48)21-55-42/h11,22-25,27-44,47-54H,8-10,12-21H2,1-7H3/t23-,24+,25-,27+,28+,29-,30+,31+,32-,33-,34+,35+,36+,37-,38-,39-,40+,41-,42+,43+,44-,45+,46-/m1/s1. The van der Waals surface area contributed by atoms with Gasteiger partial charge in [0.25, 0.3) is 0 Å². The third-order valence-electron chi connectivity index (χ3n) is 17.2. The molecule has 3 aliphatic heterocycles. The van der Waals surface area contributed by atoms with Crippen LogP contribution in [0.15, 0.2) is 11.6 Å². The minimum atomic E-state index is -1.71. The summed E-state index contributed by atoms with van der Waals surface area (Å²) in [6.07, 6.45) is -5.77. The summed E-state index contributed by atoms with van der Waals surface area (Å²) in [6.45, 7) is 15.2. The van der Waals surface area contributed by atoms with Crippen LogP contribution in [-0.4, -0.2) is 146 Å². The SMILES string of the molecule is CC[C@H](CC[C@@H](C)[C@H]1CC[C@H]2[C@@H]3CC=C4C[C@@H](O[C@@H]5O[C@H](CO)[C@H](O)[C@H](O[C@@H]6OC[C@@H](O)[C@H](O)[C@H]6O)[C@H]5O[C@@H]5O[C@@H](C)[C@H](O)[C@@H](O)[C@H]5O)CC[C@]4(C)[C@H]3CC[C@]12C)C(C)C. The Bertz CT molecular complexity index is 1450. The van der Waals surface area contributed by atoms with Gasteiger partial charge in [-0.05, 0) is 117 Å². The molecular weight excluding hydrogens is 776 g/mol. The molecule has 0 radical (unpaired) electrons. The Labute approximate surface area is 356 Å². The van der Waals surface area contributed by atoms with Crippen LogP contribution in [0.3, 0.4) is 0 Å². The minimum absolute atomic E-state index is 0.0330. The molecule has 0 amide bonds. The van der Waals surface area contributed by atoms with Crippen molar-refractivity contribution in [2.45, 2.75) is 211 Å². The molecule has 14 heteroatoms. The molecule has 14 nitrogen and oxygen atoms in total. The maximum absolute atomic E-state index is 11.5. The molecule has 0 spiro atoms. The molecular formula is C46H78O14. The van der Waals surface area contributed by atoms with Crippen LogP contribution < -0.4 is 0 Å². The first-order valence-corrected chi connectivity index (χ1v) is 23.4. The van der Waals surface area contributed by atoms with Crippen LogP contribution in [-0.2, 0) is 28.4 Å². The van der Waals surface area contributed by atoms with E-state index in [0.29, 0.717) is 23.7 Å². The van der Waals surface area contributed by atoms with E-state index >= 15 is 0 Å². The van der Waals surface area contributed by atoms with Crippen molar-refractivity contribution in [3.8, 4) is 0 Å². The number of hydrogen-bond donors (Lipinski definition) is 8. The van der Waals surface area contributed by atoms with Crippen LogP contribution in [0.25, 0.3) is 0 Å². The van der Waals surface area contributed by atoms with Crippen LogP contribution in [0.2, 0.25) is 0 Å². The number of ether oxygens (including phenoxy) is 6. The molecule has 7 aliphatic rings. The van der Waals surface area contributed by atoms with Gasteiger partial charge in [0.2, 0.25) is 0 Å². The van der Waals surface area contributed by atoms with Crippen LogP contribution in [0.5, 0.6) is 0 Å². The predicted octanol–water partition coefficient (Wildman–Crippen LogP) is 3.16. The van der Waals surface area contributed by atoms with Gasteiger partial charge in [-0.1, -0.05) is 66.0 Å². The second-order valence-electron chi connectivity index (χ2n) is 20.8. The van der Waals surface area contributed by atoms with Gasteiger partial charge >= 0.3 is 0 Å². The number of rotatable bonds is 13. The van der Waals surface area contributed by atoms with E-state index in [4.69, 9.17) is 28.4 Å². The summed E-state index contributed by atoms with van der Waals surface area (Å²) >= 11 is 0. The van der Waals surface area contributed by atoms with Crippen molar-refractivity contribution >= 4 is 0 Å². The molecule has 0 aromatic rings. The van der Waals surface area contributed by atoms with E-state index in [1.54, 1.807) is 0 Å². The van der Waals surface area contributed by atoms with Crippen molar-refractivity contribution in [3.63, 3.8) is 0 Å². The highest BCUT2D eigenvalue weighted by Gasteiger charge is 2.60. The van der Waals surface area contributed by atoms with Gasteiger partial charge < -0.3 is 69.3 Å². The van der Waals surface area contributed by atoms with Crippen molar-refractivity contribution in [2.24, 2.45) is 52.3 Å². The molecule has 3 saturated carbocycles. The lowest BCUT2D eigenvalue weighted by Gasteiger charge is -2.58. The predicted molar refractivity (Wildman–Crippen MR) is 219 cm³/mol. The Morgan fingerprint density at radius 2 is 1.47 bits per heavy atom. The van der Waals surface area contributed by atoms with Gasteiger partial charge in [0.15, 0.2) is 18.9 Å². The van der Waals surface area contributed by atoms with E-state index in [-0.39, 0.29) is 18.1 Å². The summed E-state index contributed by atoms with van der Waals surface area (Å²) in [4.78, 5) is 0. The van der Waals surface area contributed by atoms with Crippen molar-refractivity contribution in [1.82, 2.24) is 0 Å². The Kier molecular flexibility index (Phi) is 14.9. The van der Waals surface area contributed by atoms with Crippen molar-refractivity contribution in [2.75, 3.05) is 13.2 Å². The van der Waals surface area contributed by atoms with Gasteiger partial charge in [0, 0.05) is 0 Å². The van der Waals surface area contributed by atoms with Gasteiger partial charge in [-0.25, -0.2) is 0 Å².